The van der Waals surface area contributed by atoms with E-state index in [0.29, 0.717) is 12.4 Å². The van der Waals surface area contributed by atoms with Crippen molar-refractivity contribution in [2.75, 3.05) is 13.2 Å². The molecule has 1 N–H and O–H groups in total. The van der Waals surface area contributed by atoms with Gasteiger partial charge in [-0.15, -0.1) is 0 Å². The molecule has 0 unspecified atom stereocenters. The fourth-order valence-electron chi connectivity index (χ4n) is 2.16. The van der Waals surface area contributed by atoms with Crippen LogP contribution in [0.2, 0.25) is 0 Å². The second-order valence-electron chi connectivity index (χ2n) is 4.92. The standard InChI is InChI=1S/C16H20N2O3/c1-4-10(3)18-14-7-6-11(20-5-2)8-12(14)13-9-21-16(19)15(13)17/h6-8,13,17H,4-5,9H2,1-3H3/t13-/m0/s1. The van der Waals surface area contributed by atoms with Crippen molar-refractivity contribution in [3.05, 3.63) is 23.8 Å². The molecule has 0 bridgehead atoms. The maximum atomic E-state index is 11.4. The number of ether oxygens (including phenoxy) is 2. The van der Waals surface area contributed by atoms with Crippen molar-refractivity contribution in [1.82, 2.24) is 0 Å². The minimum absolute atomic E-state index is 0.0192. The third-order valence-corrected chi connectivity index (χ3v) is 3.46. The molecule has 2 rings (SSSR count). The summed E-state index contributed by atoms with van der Waals surface area (Å²) in [5.41, 5.74) is 2.56. The van der Waals surface area contributed by atoms with Crippen molar-refractivity contribution in [2.24, 2.45) is 4.99 Å². The highest BCUT2D eigenvalue weighted by atomic mass is 16.5. The fraction of sp³-hybridized carbons (Fsp3) is 0.438. The zero-order valence-corrected chi connectivity index (χ0v) is 12.6. The third kappa shape index (κ3) is 3.29. The van der Waals surface area contributed by atoms with Crippen LogP contribution in [0.1, 0.15) is 38.7 Å². The number of cyclic esters (lactones) is 1. The Bertz CT molecular complexity index is 593. The van der Waals surface area contributed by atoms with E-state index in [1.807, 2.05) is 39.0 Å². The van der Waals surface area contributed by atoms with Crippen LogP contribution in [0.25, 0.3) is 0 Å². The van der Waals surface area contributed by atoms with Crippen LogP contribution in [0.3, 0.4) is 0 Å². The van der Waals surface area contributed by atoms with Gasteiger partial charge in [-0.05, 0) is 44.0 Å². The summed E-state index contributed by atoms with van der Waals surface area (Å²) in [4.78, 5) is 16.0. The number of nitrogens with zero attached hydrogens (tertiary/aromatic N) is 1. The predicted octanol–water partition coefficient (Wildman–Crippen LogP) is 3.25. The van der Waals surface area contributed by atoms with Gasteiger partial charge in [-0.25, -0.2) is 4.79 Å². The van der Waals surface area contributed by atoms with E-state index in [-0.39, 0.29) is 18.2 Å². The molecule has 1 aromatic rings. The first kappa shape index (κ1) is 15.2. The predicted molar refractivity (Wildman–Crippen MR) is 82.1 cm³/mol. The molecule has 0 aliphatic carbocycles. The van der Waals surface area contributed by atoms with E-state index >= 15 is 0 Å². The van der Waals surface area contributed by atoms with E-state index in [4.69, 9.17) is 14.9 Å². The molecule has 0 amide bonds. The molecule has 1 aromatic carbocycles. The summed E-state index contributed by atoms with van der Waals surface area (Å²) in [5.74, 6) is -0.210. The second kappa shape index (κ2) is 6.52. The normalized spacial score (nSPS) is 18.8. The van der Waals surface area contributed by atoms with E-state index in [1.165, 1.54) is 0 Å². The van der Waals surface area contributed by atoms with Crippen LogP contribution in [-0.2, 0) is 9.53 Å². The van der Waals surface area contributed by atoms with Gasteiger partial charge in [0.25, 0.3) is 0 Å². The minimum atomic E-state index is -0.552. The maximum Gasteiger partial charge on any atom is 0.352 e. The number of benzene rings is 1. The molecule has 1 aliphatic rings. The van der Waals surface area contributed by atoms with Crippen LogP contribution in [0, 0.1) is 5.41 Å². The Balaban J connectivity index is 2.46. The molecular weight excluding hydrogens is 268 g/mol. The number of carbonyl (C=O) groups excluding carboxylic acids is 1. The number of carbonyl (C=O) groups is 1. The Labute approximate surface area is 124 Å². The van der Waals surface area contributed by atoms with Crippen LogP contribution in [0.15, 0.2) is 23.2 Å². The number of hydrogen-bond acceptors (Lipinski definition) is 5. The summed E-state index contributed by atoms with van der Waals surface area (Å²) in [7, 11) is 0. The number of esters is 1. The van der Waals surface area contributed by atoms with Crippen molar-refractivity contribution in [2.45, 2.75) is 33.1 Å². The average Bonchev–Trinajstić information content (AvgIpc) is 2.81. The van der Waals surface area contributed by atoms with Gasteiger partial charge < -0.3 is 9.47 Å². The molecule has 1 heterocycles. The zero-order valence-electron chi connectivity index (χ0n) is 12.6. The van der Waals surface area contributed by atoms with Crippen molar-refractivity contribution >= 4 is 23.1 Å². The first-order valence-electron chi connectivity index (χ1n) is 7.13. The first-order chi connectivity index (χ1) is 10.1. The Kier molecular flexibility index (Phi) is 4.73. The van der Waals surface area contributed by atoms with E-state index < -0.39 is 5.97 Å². The third-order valence-electron chi connectivity index (χ3n) is 3.46. The zero-order chi connectivity index (χ0) is 15.4. The van der Waals surface area contributed by atoms with Crippen LogP contribution in [0.5, 0.6) is 5.75 Å². The summed E-state index contributed by atoms with van der Waals surface area (Å²) in [5, 5.41) is 7.88. The Morgan fingerprint density at radius 1 is 1.48 bits per heavy atom. The van der Waals surface area contributed by atoms with Gasteiger partial charge in [-0.3, -0.25) is 10.4 Å². The summed E-state index contributed by atoms with van der Waals surface area (Å²) in [6.45, 7) is 6.67. The van der Waals surface area contributed by atoms with Gasteiger partial charge in [-0.2, -0.15) is 0 Å². The van der Waals surface area contributed by atoms with Gasteiger partial charge in [0.15, 0.2) is 0 Å². The number of hydrogen-bond donors (Lipinski definition) is 1. The van der Waals surface area contributed by atoms with Crippen LogP contribution in [-0.4, -0.2) is 30.6 Å². The topological polar surface area (TPSA) is 71.7 Å². The summed E-state index contributed by atoms with van der Waals surface area (Å²) in [6.07, 6.45) is 0.851. The molecule has 112 valence electrons. The summed E-state index contributed by atoms with van der Waals surface area (Å²) >= 11 is 0. The van der Waals surface area contributed by atoms with Gasteiger partial charge in [0.05, 0.1) is 18.2 Å². The van der Waals surface area contributed by atoms with E-state index in [9.17, 15) is 4.79 Å². The average molecular weight is 288 g/mol. The number of nitrogens with one attached hydrogen (secondary N) is 1. The van der Waals surface area contributed by atoms with Crippen LogP contribution < -0.4 is 4.74 Å². The van der Waals surface area contributed by atoms with Crippen LogP contribution in [0.4, 0.5) is 5.69 Å². The Morgan fingerprint density at radius 2 is 2.24 bits per heavy atom. The molecule has 5 heteroatoms. The lowest BCUT2D eigenvalue weighted by atomic mass is 9.94. The van der Waals surface area contributed by atoms with E-state index in [1.54, 1.807) is 0 Å². The SMILES string of the molecule is CCOc1ccc(N=C(C)CC)c([C@@H]2COC(=O)C2=N)c1. The highest BCUT2D eigenvalue weighted by Crippen LogP contribution is 2.34. The fourth-order valence-corrected chi connectivity index (χ4v) is 2.16. The second-order valence-corrected chi connectivity index (χ2v) is 4.92. The highest BCUT2D eigenvalue weighted by molar-refractivity contribution is 6.39. The summed E-state index contributed by atoms with van der Waals surface area (Å²) < 4.78 is 10.5. The molecular formula is C16H20N2O3. The number of rotatable bonds is 5. The quantitative estimate of drug-likeness (QED) is 0.667. The minimum Gasteiger partial charge on any atom is -0.494 e. The van der Waals surface area contributed by atoms with Gasteiger partial charge >= 0.3 is 5.97 Å². The monoisotopic (exact) mass is 288 g/mol. The van der Waals surface area contributed by atoms with Gasteiger partial charge in [-0.1, -0.05) is 6.92 Å². The molecule has 5 nitrogen and oxygen atoms in total. The smallest absolute Gasteiger partial charge is 0.352 e. The van der Waals surface area contributed by atoms with Crippen molar-refractivity contribution < 1.29 is 14.3 Å². The molecule has 0 aromatic heterocycles. The highest BCUT2D eigenvalue weighted by Gasteiger charge is 2.34. The molecule has 0 spiro atoms. The molecule has 21 heavy (non-hydrogen) atoms. The summed E-state index contributed by atoms with van der Waals surface area (Å²) in [6, 6.07) is 5.58. The first-order valence-corrected chi connectivity index (χ1v) is 7.13. The lowest BCUT2D eigenvalue weighted by Crippen LogP contribution is -2.12. The molecule has 1 aliphatic heterocycles. The largest absolute Gasteiger partial charge is 0.494 e. The molecule has 0 radical (unpaired) electrons. The maximum absolute atomic E-state index is 11.4. The molecule has 1 atom stereocenters. The van der Waals surface area contributed by atoms with E-state index in [2.05, 4.69) is 4.99 Å². The van der Waals surface area contributed by atoms with Crippen molar-refractivity contribution in [1.29, 1.82) is 5.41 Å². The van der Waals surface area contributed by atoms with E-state index in [0.717, 1.165) is 23.4 Å². The number of aliphatic imine (C=N–C) groups is 1. The lowest BCUT2D eigenvalue weighted by molar-refractivity contribution is -0.132. The Hall–Kier alpha value is -2.17. The molecule has 1 saturated heterocycles. The molecule has 1 fully saturated rings. The van der Waals surface area contributed by atoms with Gasteiger partial charge in [0.1, 0.15) is 18.1 Å². The molecule has 0 saturated carbocycles. The lowest BCUT2D eigenvalue weighted by Gasteiger charge is -2.13. The van der Waals surface area contributed by atoms with Crippen molar-refractivity contribution in [3.8, 4) is 5.75 Å². The Morgan fingerprint density at radius 3 is 2.81 bits per heavy atom. The van der Waals surface area contributed by atoms with Crippen molar-refractivity contribution in [3.63, 3.8) is 0 Å². The van der Waals surface area contributed by atoms with Gasteiger partial charge in [0, 0.05) is 5.71 Å². The van der Waals surface area contributed by atoms with Crippen LogP contribution >= 0.6 is 0 Å². The van der Waals surface area contributed by atoms with Gasteiger partial charge in [0.2, 0.25) is 0 Å².